The van der Waals surface area contributed by atoms with Crippen molar-refractivity contribution in [1.29, 1.82) is 0 Å². The minimum absolute atomic E-state index is 0.113. The molecule has 8 heteroatoms. The first kappa shape index (κ1) is 23.6. The summed E-state index contributed by atoms with van der Waals surface area (Å²) in [4.78, 5) is 27.6. The summed E-state index contributed by atoms with van der Waals surface area (Å²) in [5.41, 5.74) is 3.15. The van der Waals surface area contributed by atoms with Gasteiger partial charge in [-0.3, -0.25) is 9.59 Å². The Kier molecular flexibility index (Phi) is 6.52. The number of nitrogens with zero attached hydrogens (tertiary/aromatic N) is 4. The van der Waals surface area contributed by atoms with Gasteiger partial charge in [0.25, 0.3) is 0 Å². The van der Waals surface area contributed by atoms with Crippen molar-refractivity contribution in [1.82, 2.24) is 25.2 Å². The quantitative estimate of drug-likeness (QED) is 0.609. The van der Waals surface area contributed by atoms with Crippen molar-refractivity contribution < 1.29 is 14.7 Å². The molecule has 2 amide bonds. The maximum Gasteiger partial charge on any atom is 0.248 e. The van der Waals surface area contributed by atoms with Crippen LogP contribution in [0, 0.1) is 5.41 Å². The topological polar surface area (TPSA) is 100 Å². The molecule has 2 N–H and O–H groups in total. The molecular formula is C26H31N5O3. The molecule has 3 aromatic rings. The van der Waals surface area contributed by atoms with Crippen LogP contribution < -0.4 is 5.32 Å². The lowest BCUT2D eigenvalue weighted by atomic mass is 9.85. The van der Waals surface area contributed by atoms with Gasteiger partial charge in [-0.25, -0.2) is 4.68 Å². The van der Waals surface area contributed by atoms with E-state index in [0.29, 0.717) is 5.69 Å². The minimum Gasteiger partial charge on any atom is -0.391 e. The van der Waals surface area contributed by atoms with Crippen molar-refractivity contribution in [2.75, 3.05) is 13.6 Å². The summed E-state index contributed by atoms with van der Waals surface area (Å²) in [5, 5.41) is 21.6. The summed E-state index contributed by atoms with van der Waals surface area (Å²) in [5.74, 6) is -0.543. The normalized spacial score (nSPS) is 19.1. The van der Waals surface area contributed by atoms with E-state index in [0.717, 1.165) is 16.7 Å². The second-order valence-electron chi connectivity index (χ2n) is 9.77. The van der Waals surface area contributed by atoms with Gasteiger partial charge in [-0.15, -0.1) is 5.10 Å². The van der Waals surface area contributed by atoms with Crippen LogP contribution in [0.15, 0.2) is 60.8 Å². The molecule has 2 aromatic carbocycles. The Morgan fingerprint density at radius 3 is 2.35 bits per heavy atom. The van der Waals surface area contributed by atoms with Crippen LogP contribution in [0.4, 0.5) is 0 Å². The molecular weight excluding hydrogens is 430 g/mol. The number of nitrogens with one attached hydrogen (secondary N) is 1. The van der Waals surface area contributed by atoms with Gasteiger partial charge in [-0.2, -0.15) is 0 Å². The molecule has 0 unspecified atom stereocenters. The first-order valence-corrected chi connectivity index (χ1v) is 11.5. The number of hydrogen-bond donors (Lipinski definition) is 2. The van der Waals surface area contributed by atoms with Crippen LogP contribution in [0.25, 0.3) is 22.4 Å². The van der Waals surface area contributed by atoms with Crippen LogP contribution in [0.3, 0.4) is 0 Å². The average Bonchev–Trinajstić information content (AvgIpc) is 3.45. The number of hydrogen-bond acceptors (Lipinski definition) is 5. The number of carbonyl (C=O) groups excluding carboxylic acids is 2. The second kappa shape index (κ2) is 9.38. The van der Waals surface area contributed by atoms with E-state index >= 15 is 0 Å². The average molecular weight is 462 g/mol. The summed E-state index contributed by atoms with van der Waals surface area (Å²) in [6, 6.07) is 16.6. The Bertz CT molecular complexity index is 1170. The predicted molar refractivity (Wildman–Crippen MR) is 130 cm³/mol. The third kappa shape index (κ3) is 4.59. The number of aliphatic hydroxyl groups excluding tert-OH is 1. The van der Waals surface area contributed by atoms with E-state index < -0.39 is 23.6 Å². The summed E-state index contributed by atoms with van der Waals surface area (Å²) in [6.45, 7) is 5.98. The molecule has 0 radical (unpaired) electrons. The van der Waals surface area contributed by atoms with Crippen LogP contribution in [-0.4, -0.2) is 62.6 Å². The number of likely N-dealkylation sites (tertiary alicyclic amines) is 1. The molecule has 0 aliphatic carbocycles. The second-order valence-corrected chi connectivity index (χ2v) is 9.77. The molecule has 1 aliphatic rings. The van der Waals surface area contributed by atoms with Crippen molar-refractivity contribution >= 4 is 11.8 Å². The van der Waals surface area contributed by atoms with Gasteiger partial charge in [0.05, 0.1) is 12.3 Å². The van der Waals surface area contributed by atoms with Crippen molar-refractivity contribution in [3.63, 3.8) is 0 Å². The Balaban J connectivity index is 1.71. The lowest BCUT2D eigenvalue weighted by Gasteiger charge is -2.34. The van der Waals surface area contributed by atoms with Gasteiger partial charge in [0.1, 0.15) is 17.8 Å². The lowest BCUT2D eigenvalue weighted by Crippen LogP contribution is -2.49. The van der Waals surface area contributed by atoms with Gasteiger partial charge in [-0.05, 0) is 16.5 Å². The molecule has 1 fully saturated rings. The van der Waals surface area contributed by atoms with Crippen molar-refractivity contribution in [2.45, 2.75) is 45.4 Å². The molecule has 1 saturated heterocycles. The summed E-state index contributed by atoms with van der Waals surface area (Å²) in [7, 11) is 1.53. The Hall–Kier alpha value is -3.52. The molecule has 1 aliphatic heterocycles. The van der Waals surface area contributed by atoms with Gasteiger partial charge in [0.2, 0.25) is 11.8 Å². The first-order valence-electron chi connectivity index (χ1n) is 11.5. The Morgan fingerprint density at radius 2 is 1.71 bits per heavy atom. The van der Waals surface area contributed by atoms with E-state index in [2.05, 4.69) is 15.6 Å². The fourth-order valence-corrected chi connectivity index (χ4v) is 4.61. The van der Waals surface area contributed by atoms with E-state index in [-0.39, 0.29) is 24.8 Å². The SMILES string of the molecule is CNC(=O)[C@@H]1C[C@@H](O)CN1C(=O)[C@@H](n1cc(-c2ccccc2-c2ccccc2)nn1)C(C)(C)C. The van der Waals surface area contributed by atoms with Crippen molar-refractivity contribution in [3.05, 3.63) is 60.8 Å². The highest BCUT2D eigenvalue weighted by Crippen LogP contribution is 2.36. The van der Waals surface area contributed by atoms with Gasteiger partial charge >= 0.3 is 0 Å². The molecule has 4 rings (SSSR count). The van der Waals surface area contributed by atoms with Gasteiger partial charge in [-0.1, -0.05) is 80.6 Å². The smallest absolute Gasteiger partial charge is 0.248 e. The number of likely N-dealkylation sites (N-methyl/N-ethyl adjacent to an activating group) is 1. The number of aliphatic hydroxyl groups is 1. The van der Waals surface area contributed by atoms with E-state index in [4.69, 9.17) is 0 Å². The molecule has 0 spiro atoms. The first-order chi connectivity index (χ1) is 16.2. The zero-order chi connectivity index (χ0) is 24.5. The third-order valence-corrected chi connectivity index (χ3v) is 6.23. The number of aromatic nitrogens is 3. The highest BCUT2D eigenvalue weighted by Gasteiger charge is 2.45. The molecule has 34 heavy (non-hydrogen) atoms. The Morgan fingerprint density at radius 1 is 1.06 bits per heavy atom. The molecule has 3 atom stereocenters. The van der Waals surface area contributed by atoms with E-state index in [1.54, 1.807) is 10.9 Å². The van der Waals surface area contributed by atoms with Crippen LogP contribution in [0.2, 0.25) is 0 Å². The fraction of sp³-hybridized carbons (Fsp3) is 0.385. The number of rotatable bonds is 5. The largest absolute Gasteiger partial charge is 0.391 e. The molecule has 0 bridgehead atoms. The molecule has 0 saturated carbocycles. The summed E-state index contributed by atoms with van der Waals surface area (Å²) in [6.07, 6.45) is 1.27. The maximum absolute atomic E-state index is 13.7. The minimum atomic E-state index is -0.740. The maximum atomic E-state index is 13.7. The van der Waals surface area contributed by atoms with Crippen molar-refractivity contribution in [2.24, 2.45) is 5.41 Å². The summed E-state index contributed by atoms with van der Waals surface area (Å²) >= 11 is 0. The Labute approximate surface area is 199 Å². The predicted octanol–water partition coefficient (Wildman–Crippen LogP) is 2.91. The zero-order valence-electron chi connectivity index (χ0n) is 20.0. The van der Waals surface area contributed by atoms with Crippen LogP contribution >= 0.6 is 0 Å². The van der Waals surface area contributed by atoms with E-state index in [9.17, 15) is 14.7 Å². The number of carbonyl (C=O) groups is 2. The highest BCUT2D eigenvalue weighted by molar-refractivity contribution is 5.90. The number of β-amino-alcohol motifs (C(OH)–C–C–N with tert-alkyl or cyclic N) is 1. The molecule has 1 aromatic heterocycles. The monoisotopic (exact) mass is 461 g/mol. The molecule has 178 valence electrons. The van der Waals surface area contributed by atoms with Crippen molar-refractivity contribution in [3.8, 4) is 22.4 Å². The van der Waals surface area contributed by atoms with Crippen LogP contribution in [0.1, 0.15) is 33.2 Å². The van der Waals surface area contributed by atoms with Crippen LogP contribution in [0.5, 0.6) is 0 Å². The lowest BCUT2D eigenvalue weighted by molar-refractivity contribution is -0.144. The standard InChI is InChI=1S/C26H31N5O3/c1-26(2,3)23(25(34)30-15-18(32)14-22(30)24(33)27-4)31-16-21(28-29-31)20-13-9-8-12-19(20)17-10-6-5-7-11-17/h5-13,16,18,22-23,32H,14-15H2,1-4H3,(H,27,33)/t18-,22+,23-/m1/s1. The van der Waals surface area contributed by atoms with Gasteiger partial charge in [0, 0.05) is 25.6 Å². The van der Waals surface area contributed by atoms with Gasteiger partial charge in [0.15, 0.2) is 0 Å². The number of amides is 2. The zero-order valence-corrected chi connectivity index (χ0v) is 20.0. The van der Waals surface area contributed by atoms with Gasteiger partial charge < -0.3 is 15.3 Å². The summed E-state index contributed by atoms with van der Waals surface area (Å²) < 4.78 is 1.59. The van der Waals surface area contributed by atoms with Crippen LogP contribution in [-0.2, 0) is 9.59 Å². The van der Waals surface area contributed by atoms with E-state index in [1.807, 2.05) is 75.4 Å². The fourth-order valence-electron chi connectivity index (χ4n) is 4.61. The third-order valence-electron chi connectivity index (χ3n) is 6.23. The molecule has 8 nitrogen and oxygen atoms in total. The molecule has 2 heterocycles. The van der Waals surface area contributed by atoms with E-state index in [1.165, 1.54) is 11.9 Å². The number of benzene rings is 2. The highest BCUT2D eigenvalue weighted by atomic mass is 16.3.